The van der Waals surface area contributed by atoms with E-state index in [9.17, 15) is 0 Å². The Hall–Kier alpha value is -3.55. The lowest BCUT2D eigenvalue weighted by molar-refractivity contribution is 1.26. The Kier molecular flexibility index (Phi) is 3.67. The van der Waals surface area contributed by atoms with Crippen molar-refractivity contribution < 1.29 is 0 Å². The standard InChI is InChI=1S/C23H13N3S/c24-12-15-10-17(14-25-13-15)21-6-3-5-20(26-21)16-8-9-19-18-4-1-2-7-22(18)27-23(19)11-16/h1-11,13-14H. The molecule has 5 aromatic rings. The molecule has 126 valence electrons. The van der Waals surface area contributed by atoms with Crippen LogP contribution in [0.25, 0.3) is 42.7 Å². The van der Waals surface area contributed by atoms with Crippen LogP contribution in [0.2, 0.25) is 0 Å². The van der Waals surface area contributed by atoms with Crippen molar-refractivity contribution in [3.63, 3.8) is 0 Å². The Labute approximate surface area is 160 Å². The van der Waals surface area contributed by atoms with Crippen molar-refractivity contribution in [2.45, 2.75) is 0 Å². The highest BCUT2D eigenvalue weighted by Crippen LogP contribution is 2.36. The Morgan fingerprint density at radius 2 is 1.56 bits per heavy atom. The van der Waals surface area contributed by atoms with Gasteiger partial charge < -0.3 is 0 Å². The van der Waals surface area contributed by atoms with Gasteiger partial charge in [0.25, 0.3) is 0 Å². The average Bonchev–Trinajstić information content (AvgIpc) is 3.11. The first-order valence-corrected chi connectivity index (χ1v) is 9.38. The zero-order chi connectivity index (χ0) is 18.2. The molecule has 4 heteroatoms. The molecule has 0 amide bonds. The van der Waals surface area contributed by atoms with Crippen LogP contribution in [0.15, 0.2) is 79.1 Å². The molecule has 3 nitrogen and oxygen atoms in total. The lowest BCUT2D eigenvalue weighted by atomic mass is 10.1. The summed E-state index contributed by atoms with van der Waals surface area (Å²) < 4.78 is 2.56. The molecule has 0 bridgehead atoms. The summed E-state index contributed by atoms with van der Waals surface area (Å²) in [5, 5.41) is 11.7. The van der Waals surface area contributed by atoms with Crippen molar-refractivity contribution in [2.24, 2.45) is 0 Å². The highest BCUT2D eigenvalue weighted by atomic mass is 32.1. The molecule has 0 spiro atoms. The molecule has 0 aliphatic rings. The van der Waals surface area contributed by atoms with Crippen LogP contribution in [0.3, 0.4) is 0 Å². The Morgan fingerprint density at radius 3 is 2.44 bits per heavy atom. The summed E-state index contributed by atoms with van der Waals surface area (Å²) in [6, 6.07) is 24.9. The molecule has 0 fully saturated rings. The van der Waals surface area contributed by atoms with Gasteiger partial charge in [0.15, 0.2) is 0 Å². The Morgan fingerprint density at radius 1 is 0.741 bits per heavy atom. The van der Waals surface area contributed by atoms with Gasteiger partial charge >= 0.3 is 0 Å². The maximum absolute atomic E-state index is 9.09. The number of aromatic nitrogens is 2. The zero-order valence-electron chi connectivity index (χ0n) is 14.3. The van der Waals surface area contributed by atoms with Gasteiger partial charge in [0.05, 0.1) is 17.0 Å². The second-order valence-corrected chi connectivity index (χ2v) is 7.38. The van der Waals surface area contributed by atoms with E-state index in [1.807, 2.05) is 24.3 Å². The number of benzene rings is 2. The van der Waals surface area contributed by atoms with E-state index in [0.29, 0.717) is 5.56 Å². The average molecular weight is 363 g/mol. The molecular weight excluding hydrogens is 350 g/mol. The maximum Gasteiger partial charge on any atom is 0.101 e. The van der Waals surface area contributed by atoms with Crippen molar-refractivity contribution in [3.8, 4) is 28.6 Å². The molecule has 3 aromatic heterocycles. The number of nitrogens with zero attached hydrogens (tertiary/aromatic N) is 3. The summed E-state index contributed by atoms with van der Waals surface area (Å²) in [6.07, 6.45) is 3.30. The summed E-state index contributed by atoms with van der Waals surface area (Å²) in [4.78, 5) is 8.94. The van der Waals surface area contributed by atoms with Gasteiger partial charge in [-0.25, -0.2) is 4.98 Å². The molecule has 0 aliphatic heterocycles. The molecule has 0 N–H and O–H groups in total. The second-order valence-electron chi connectivity index (χ2n) is 6.29. The SMILES string of the molecule is N#Cc1cncc(-c2cccc(-c3ccc4c(c3)sc3ccccc34)n2)c1. The van der Waals surface area contributed by atoms with Gasteiger partial charge in [0.2, 0.25) is 0 Å². The predicted molar refractivity (Wildman–Crippen MR) is 111 cm³/mol. The number of hydrogen-bond donors (Lipinski definition) is 0. The van der Waals surface area contributed by atoms with Gasteiger partial charge in [0, 0.05) is 43.7 Å². The molecule has 0 unspecified atom stereocenters. The largest absolute Gasteiger partial charge is 0.263 e. The number of thiophene rings is 1. The van der Waals surface area contributed by atoms with Gasteiger partial charge in [-0.05, 0) is 30.3 Å². The van der Waals surface area contributed by atoms with E-state index >= 15 is 0 Å². The summed E-state index contributed by atoms with van der Waals surface area (Å²) in [5.74, 6) is 0. The van der Waals surface area contributed by atoms with Crippen LogP contribution in [0.1, 0.15) is 5.56 Å². The minimum Gasteiger partial charge on any atom is -0.263 e. The Bertz CT molecular complexity index is 1340. The first-order chi connectivity index (χ1) is 13.3. The van der Waals surface area contributed by atoms with Crippen LogP contribution in [0, 0.1) is 11.3 Å². The second kappa shape index (κ2) is 6.31. The monoisotopic (exact) mass is 363 g/mol. The number of rotatable bonds is 2. The maximum atomic E-state index is 9.09. The van der Waals surface area contributed by atoms with Crippen molar-refractivity contribution in [1.82, 2.24) is 9.97 Å². The van der Waals surface area contributed by atoms with E-state index in [0.717, 1.165) is 22.5 Å². The lowest BCUT2D eigenvalue weighted by Gasteiger charge is -2.05. The topological polar surface area (TPSA) is 49.6 Å². The van der Waals surface area contributed by atoms with E-state index in [1.165, 1.54) is 20.2 Å². The minimum absolute atomic E-state index is 0.534. The van der Waals surface area contributed by atoms with E-state index in [1.54, 1.807) is 23.7 Å². The molecular formula is C23H13N3S. The lowest BCUT2D eigenvalue weighted by Crippen LogP contribution is -1.89. The van der Waals surface area contributed by atoms with E-state index in [2.05, 4.69) is 53.5 Å². The molecule has 0 saturated carbocycles. The summed E-state index contributed by atoms with van der Waals surface area (Å²) in [5.41, 5.74) is 4.19. The molecule has 2 aromatic carbocycles. The van der Waals surface area contributed by atoms with E-state index < -0.39 is 0 Å². The Balaban J connectivity index is 1.62. The molecule has 3 heterocycles. The number of nitriles is 1. The van der Waals surface area contributed by atoms with Gasteiger partial charge in [-0.2, -0.15) is 5.26 Å². The normalized spacial score (nSPS) is 10.9. The molecule has 0 radical (unpaired) electrons. The number of hydrogen-bond acceptors (Lipinski definition) is 4. The highest BCUT2D eigenvalue weighted by Gasteiger charge is 2.08. The summed E-state index contributed by atoms with van der Waals surface area (Å²) in [6.45, 7) is 0. The van der Waals surface area contributed by atoms with Crippen molar-refractivity contribution in [3.05, 3.63) is 84.7 Å². The number of pyridine rings is 2. The molecule has 0 saturated heterocycles. The summed E-state index contributed by atoms with van der Waals surface area (Å²) in [7, 11) is 0. The minimum atomic E-state index is 0.534. The number of fused-ring (bicyclic) bond motifs is 3. The first kappa shape index (κ1) is 15.7. The van der Waals surface area contributed by atoms with E-state index in [-0.39, 0.29) is 0 Å². The summed E-state index contributed by atoms with van der Waals surface area (Å²) >= 11 is 1.80. The fraction of sp³-hybridized carbons (Fsp3) is 0. The highest BCUT2D eigenvalue weighted by molar-refractivity contribution is 7.25. The van der Waals surface area contributed by atoms with Crippen molar-refractivity contribution in [2.75, 3.05) is 0 Å². The van der Waals surface area contributed by atoms with Crippen LogP contribution in [-0.2, 0) is 0 Å². The van der Waals surface area contributed by atoms with Crippen LogP contribution < -0.4 is 0 Å². The third-order valence-electron chi connectivity index (χ3n) is 4.59. The van der Waals surface area contributed by atoms with Crippen LogP contribution >= 0.6 is 11.3 Å². The molecule has 0 aliphatic carbocycles. The van der Waals surface area contributed by atoms with Gasteiger partial charge in [-0.15, -0.1) is 11.3 Å². The predicted octanol–water partition coefficient (Wildman–Crippen LogP) is 6.05. The van der Waals surface area contributed by atoms with Gasteiger partial charge in [-0.1, -0.05) is 36.4 Å². The molecule has 5 rings (SSSR count). The van der Waals surface area contributed by atoms with Gasteiger partial charge in [-0.3, -0.25) is 4.98 Å². The quantitative estimate of drug-likeness (QED) is 0.383. The zero-order valence-corrected chi connectivity index (χ0v) is 15.1. The fourth-order valence-electron chi connectivity index (χ4n) is 3.28. The van der Waals surface area contributed by atoms with Gasteiger partial charge in [0.1, 0.15) is 6.07 Å². The molecule has 0 atom stereocenters. The van der Waals surface area contributed by atoms with Crippen molar-refractivity contribution in [1.29, 1.82) is 5.26 Å². The smallest absolute Gasteiger partial charge is 0.101 e. The van der Waals surface area contributed by atoms with Crippen LogP contribution in [0.4, 0.5) is 0 Å². The van der Waals surface area contributed by atoms with Crippen LogP contribution in [-0.4, -0.2) is 9.97 Å². The third kappa shape index (κ3) is 2.75. The molecule has 27 heavy (non-hydrogen) atoms. The first-order valence-electron chi connectivity index (χ1n) is 8.56. The van der Waals surface area contributed by atoms with Crippen LogP contribution in [0.5, 0.6) is 0 Å². The fourth-order valence-corrected chi connectivity index (χ4v) is 4.43. The third-order valence-corrected chi connectivity index (χ3v) is 5.72. The van der Waals surface area contributed by atoms with Crippen molar-refractivity contribution >= 4 is 31.5 Å². The van der Waals surface area contributed by atoms with E-state index in [4.69, 9.17) is 10.2 Å².